The molecule has 0 N–H and O–H groups in total. The van der Waals surface area contributed by atoms with Gasteiger partial charge in [-0.2, -0.15) is 0 Å². The number of hydrogen-bond acceptors (Lipinski definition) is 2. The third-order valence-electron chi connectivity index (χ3n) is 3.17. The quantitative estimate of drug-likeness (QED) is 0.522. The Balaban J connectivity index is 0.00000162. The summed E-state index contributed by atoms with van der Waals surface area (Å²) in [6, 6.07) is 4.79. The average Bonchev–Trinajstić information content (AvgIpc) is 3.08. The molecule has 0 spiro atoms. The molecule has 0 radical (unpaired) electrons. The second-order valence-electron chi connectivity index (χ2n) is 4.27. The minimum absolute atomic E-state index is 0. The van der Waals surface area contributed by atoms with Crippen molar-refractivity contribution in [1.82, 2.24) is 0 Å². The van der Waals surface area contributed by atoms with Crippen molar-refractivity contribution in [2.24, 2.45) is 0 Å². The molecule has 0 aromatic heterocycles. The van der Waals surface area contributed by atoms with Crippen LogP contribution < -0.4 is 56.8 Å². The van der Waals surface area contributed by atoms with Crippen LogP contribution in [-0.2, 0) is 14.9 Å². The minimum atomic E-state index is -4.98. The normalized spacial score (nSPS) is 16.7. The van der Waals surface area contributed by atoms with Gasteiger partial charge in [0, 0.05) is 0 Å². The van der Waals surface area contributed by atoms with Crippen LogP contribution in [0.15, 0.2) is 24.3 Å². The summed E-state index contributed by atoms with van der Waals surface area (Å²) in [4.78, 5) is 11.5. The van der Waals surface area contributed by atoms with Crippen LogP contribution >= 0.6 is 0 Å². The molecule has 2 rings (SSSR count). The molecule has 0 heterocycles. The molecule has 1 fully saturated rings. The molecular weight excluding hydrogens is 271 g/mol. The van der Waals surface area contributed by atoms with Gasteiger partial charge in [0.05, 0.1) is 12.5 Å². The number of carbonyl (C=O) groups excluding carboxylic acids is 1. The van der Waals surface area contributed by atoms with Gasteiger partial charge in [-0.3, -0.25) is 4.79 Å². The third kappa shape index (κ3) is 3.01. The Morgan fingerprint density at radius 2 is 1.72 bits per heavy atom. The van der Waals surface area contributed by atoms with Crippen molar-refractivity contribution in [3.63, 3.8) is 0 Å². The molecular formula is C11H11BF3KO2. The molecule has 2 nitrogen and oxygen atoms in total. The van der Waals surface area contributed by atoms with E-state index in [1.165, 1.54) is 19.2 Å². The average molecular weight is 282 g/mol. The first-order valence-electron chi connectivity index (χ1n) is 5.29. The number of halogens is 3. The molecule has 0 amide bonds. The van der Waals surface area contributed by atoms with E-state index < -0.39 is 17.9 Å². The van der Waals surface area contributed by atoms with Crippen molar-refractivity contribution in [2.75, 3.05) is 7.11 Å². The van der Waals surface area contributed by atoms with E-state index in [4.69, 9.17) is 0 Å². The predicted molar refractivity (Wildman–Crippen MR) is 58.1 cm³/mol. The molecule has 0 saturated heterocycles. The van der Waals surface area contributed by atoms with Crippen molar-refractivity contribution in [3.05, 3.63) is 29.8 Å². The Morgan fingerprint density at radius 3 is 2.06 bits per heavy atom. The Labute approximate surface area is 146 Å². The van der Waals surface area contributed by atoms with E-state index in [-0.39, 0.29) is 57.4 Å². The maximum absolute atomic E-state index is 12.4. The van der Waals surface area contributed by atoms with Crippen molar-refractivity contribution in [3.8, 4) is 0 Å². The first-order valence-corrected chi connectivity index (χ1v) is 5.29. The zero-order valence-electron chi connectivity index (χ0n) is 10.3. The summed E-state index contributed by atoms with van der Waals surface area (Å²) in [6.45, 7) is -4.98. The summed E-state index contributed by atoms with van der Waals surface area (Å²) in [7, 11) is 1.29. The number of esters is 1. The van der Waals surface area contributed by atoms with Gasteiger partial charge in [-0.05, 0) is 18.4 Å². The van der Waals surface area contributed by atoms with E-state index >= 15 is 0 Å². The van der Waals surface area contributed by atoms with Crippen molar-refractivity contribution >= 4 is 18.4 Å². The first kappa shape index (κ1) is 16.2. The second-order valence-corrected chi connectivity index (χ2v) is 4.27. The van der Waals surface area contributed by atoms with E-state index in [0.717, 1.165) is 12.1 Å². The Bertz CT molecular complexity index is 441. The summed E-state index contributed by atoms with van der Waals surface area (Å²) < 4.78 is 42.0. The van der Waals surface area contributed by atoms with E-state index in [9.17, 15) is 17.7 Å². The Morgan fingerprint density at radius 1 is 1.22 bits per heavy atom. The first-order chi connectivity index (χ1) is 7.90. The third-order valence-corrected chi connectivity index (χ3v) is 3.17. The topological polar surface area (TPSA) is 26.3 Å². The smallest absolute Gasteiger partial charge is 0.468 e. The molecule has 1 aliphatic rings. The number of ether oxygens (including phenoxy) is 1. The standard InChI is InChI=1S/C11H11BF3O2.K/c1-17-10(16)11(6-7-11)8-2-4-9(5-3-8)12(13,14)15;/h2-5H,6-7H2,1H3;/q-1;+1. The predicted octanol–water partition coefficient (Wildman–Crippen LogP) is -1.05. The van der Waals surface area contributed by atoms with Crippen molar-refractivity contribution in [1.29, 1.82) is 0 Å². The molecule has 1 aromatic rings. The number of hydrogen-bond donors (Lipinski definition) is 0. The van der Waals surface area contributed by atoms with Crippen molar-refractivity contribution in [2.45, 2.75) is 18.3 Å². The summed E-state index contributed by atoms with van der Waals surface area (Å²) >= 11 is 0. The van der Waals surface area contributed by atoms with Crippen LogP contribution in [0, 0.1) is 0 Å². The summed E-state index contributed by atoms with van der Waals surface area (Å²) in [5.74, 6) is -0.372. The van der Waals surface area contributed by atoms with Crippen LogP contribution in [0.1, 0.15) is 18.4 Å². The number of benzene rings is 1. The van der Waals surface area contributed by atoms with Gasteiger partial charge in [-0.15, -0.1) is 5.46 Å². The fourth-order valence-corrected chi connectivity index (χ4v) is 1.95. The maximum Gasteiger partial charge on any atom is 1.00 e. The monoisotopic (exact) mass is 282 g/mol. The molecule has 0 bridgehead atoms. The van der Waals surface area contributed by atoms with Gasteiger partial charge in [0.2, 0.25) is 0 Å². The summed E-state index contributed by atoms with van der Waals surface area (Å²) in [5, 5.41) is 0. The van der Waals surface area contributed by atoms with Gasteiger partial charge in [-0.25, -0.2) is 0 Å². The number of carbonyl (C=O) groups is 1. The molecule has 0 atom stereocenters. The fraction of sp³-hybridized carbons (Fsp3) is 0.364. The largest absolute Gasteiger partial charge is 1.00 e. The van der Waals surface area contributed by atoms with Gasteiger partial charge < -0.3 is 17.7 Å². The molecule has 1 saturated carbocycles. The molecule has 0 unspecified atom stereocenters. The fourth-order valence-electron chi connectivity index (χ4n) is 1.95. The number of rotatable bonds is 3. The van der Waals surface area contributed by atoms with Crippen LogP contribution in [0.25, 0.3) is 0 Å². The van der Waals surface area contributed by atoms with Gasteiger partial charge in [0.15, 0.2) is 0 Å². The van der Waals surface area contributed by atoms with Crippen LogP contribution in [0.4, 0.5) is 12.9 Å². The van der Waals surface area contributed by atoms with Crippen molar-refractivity contribution < 1.29 is 73.9 Å². The molecule has 18 heavy (non-hydrogen) atoms. The van der Waals surface area contributed by atoms with E-state index in [1.54, 1.807) is 0 Å². The summed E-state index contributed by atoms with van der Waals surface area (Å²) in [5.41, 5.74) is -0.742. The Kier molecular flexibility index (Phi) is 5.11. The molecule has 1 aromatic carbocycles. The SMILES string of the molecule is COC(=O)C1(c2ccc([B-](F)(F)F)cc2)CC1.[K+]. The van der Waals surface area contributed by atoms with E-state index in [2.05, 4.69) is 4.74 Å². The molecule has 7 heteroatoms. The zero-order valence-corrected chi connectivity index (χ0v) is 13.4. The molecule has 1 aliphatic carbocycles. The zero-order chi connectivity index (χ0) is 12.7. The molecule has 0 aliphatic heterocycles. The second kappa shape index (κ2) is 5.66. The Hall–Kier alpha value is 0.181. The number of methoxy groups -OCH3 is 1. The summed E-state index contributed by atoms with van der Waals surface area (Å²) in [6.07, 6.45) is 1.27. The van der Waals surface area contributed by atoms with Gasteiger partial charge in [-0.1, -0.05) is 24.3 Å². The van der Waals surface area contributed by atoms with Gasteiger partial charge in [0.25, 0.3) is 0 Å². The molecule has 92 valence electrons. The van der Waals surface area contributed by atoms with E-state index in [0.29, 0.717) is 18.4 Å². The van der Waals surface area contributed by atoms with Crippen LogP contribution in [0.3, 0.4) is 0 Å². The van der Waals surface area contributed by atoms with Crippen LogP contribution in [-0.4, -0.2) is 20.1 Å². The van der Waals surface area contributed by atoms with Crippen LogP contribution in [0.5, 0.6) is 0 Å². The van der Waals surface area contributed by atoms with Gasteiger partial charge in [0.1, 0.15) is 0 Å². The minimum Gasteiger partial charge on any atom is -0.468 e. The van der Waals surface area contributed by atoms with E-state index in [1.807, 2.05) is 0 Å². The van der Waals surface area contributed by atoms with Gasteiger partial charge >= 0.3 is 64.3 Å². The van der Waals surface area contributed by atoms with Crippen LogP contribution in [0.2, 0.25) is 0 Å². The maximum atomic E-state index is 12.4.